The van der Waals surface area contributed by atoms with Crippen LogP contribution in [-0.2, 0) is 10.0 Å². The zero-order valence-corrected chi connectivity index (χ0v) is 11.4. The predicted octanol–water partition coefficient (Wildman–Crippen LogP) is 2.20. The highest BCUT2D eigenvalue weighted by atomic mass is 32.2. The van der Waals surface area contributed by atoms with Gasteiger partial charge in [-0.15, -0.1) is 0 Å². The van der Waals surface area contributed by atoms with Crippen LogP contribution >= 0.6 is 0 Å². The Morgan fingerprint density at radius 2 is 2.11 bits per heavy atom. The van der Waals surface area contributed by atoms with Crippen molar-refractivity contribution in [2.75, 3.05) is 13.1 Å². The summed E-state index contributed by atoms with van der Waals surface area (Å²) in [6.07, 6.45) is 3.44. The minimum Gasteiger partial charge on any atom is -0.508 e. The van der Waals surface area contributed by atoms with Crippen molar-refractivity contribution in [2.24, 2.45) is 5.92 Å². The molecular weight excluding hydrogens is 250 g/mol. The van der Waals surface area contributed by atoms with E-state index in [0.717, 1.165) is 12.8 Å². The van der Waals surface area contributed by atoms with E-state index in [9.17, 15) is 13.5 Å². The first-order valence-electron chi connectivity index (χ1n) is 6.33. The molecule has 5 heteroatoms. The summed E-state index contributed by atoms with van der Waals surface area (Å²) in [6, 6.07) is 5.86. The van der Waals surface area contributed by atoms with Crippen LogP contribution in [0.4, 0.5) is 0 Å². The van der Waals surface area contributed by atoms with Crippen LogP contribution in [0.5, 0.6) is 5.75 Å². The molecule has 0 bridgehead atoms. The lowest BCUT2D eigenvalue weighted by Gasteiger charge is -2.31. The van der Waals surface area contributed by atoms with E-state index in [-0.39, 0.29) is 10.6 Å². The van der Waals surface area contributed by atoms with E-state index < -0.39 is 10.0 Å². The maximum absolute atomic E-state index is 12.4. The lowest BCUT2D eigenvalue weighted by atomic mass is 9.85. The Labute approximate surface area is 108 Å². The third-order valence-corrected chi connectivity index (χ3v) is 5.43. The number of nitrogens with zero attached hydrogens (tertiary/aromatic N) is 1. The fourth-order valence-corrected chi connectivity index (χ4v) is 3.72. The highest BCUT2D eigenvalue weighted by Crippen LogP contribution is 2.29. The smallest absolute Gasteiger partial charge is 0.243 e. The summed E-state index contributed by atoms with van der Waals surface area (Å²) in [4.78, 5) is 0.170. The monoisotopic (exact) mass is 269 g/mol. The summed E-state index contributed by atoms with van der Waals surface area (Å²) in [5.74, 6) is 0.479. The molecule has 0 unspecified atom stereocenters. The molecule has 1 aromatic rings. The van der Waals surface area contributed by atoms with Gasteiger partial charge in [-0.2, -0.15) is 4.31 Å². The number of phenolic OH excluding ortho intramolecular Hbond substituents is 1. The summed E-state index contributed by atoms with van der Waals surface area (Å²) in [6.45, 7) is 2.90. The molecule has 0 atom stereocenters. The Bertz CT molecular complexity index is 509. The lowest BCUT2D eigenvalue weighted by molar-refractivity contribution is 0.250. The van der Waals surface area contributed by atoms with Gasteiger partial charge in [-0.25, -0.2) is 8.42 Å². The zero-order valence-electron chi connectivity index (χ0n) is 10.5. The van der Waals surface area contributed by atoms with Crippen LogP contribution in [0.2, 0.25) is 0 Å². The van der Waals surface area contributed by atoms with E-state index in [4.69, 9.17) is 0 Å². The first kappa shape index (κ1) is 13.4. The minimum atomic E-state index is -3.47. The van der Waals surface area contributed by atoms with E-state index in [1.807, 2.05) is 6.92 Å². The summed E-state index contributed by atoms with van der Waals surface area (Å²) in [7, 11) is -3.47. The van der Waals surface area contributed by atoms with Crippen LogP contribution in [0.25, 0.3) is 0 Å². The summed E-state index contributed by atoms with van der Waals surface area (Å²) < 4.78 is 26.3. The number of sulfonamides is 1. The van der Waals surface area contributed by atoms with Crippen molar-refractivity contribution in [1.29, 1.82) is 0 Å². The molecule has 4 nitrogen and oxygen atoms in total. The van der Waals surface area contributed by atoms with Crippen LogP contribution in [0, 0.1) is 5.92 Å². The average molecular weight is 269 g/mol. The number of hydrogen-bond acceptors (Lipinski definition) is 3. The molecule has 1 aromatic carbocycles. The topological polar surface area (TPSA) is 57.6 Å². The Hall–Kier alpha value is -1.07. The highest BCUT2D eigenvalue weighted by molar-refractivity contribution is 7.89. The maximum atomic E-state index is 12.4. The molecule has 18 heavy (non-hydrogen) atoms. The van der Waals surface area contributed by atoms with Crippen molar-refractivity contribution in [3.05, 3.63) is 24.3 Å². The van der Waals surface area contributed by atoms with Crippen LogP contribution in [0.3, 0.4) is 0 Å². The van der Waals surface area contributed by atoms with Crippen molar-refractivity contribution >= 4 is 10.0 Å². The van der Waals surface area contributed by atoms with E-state index in [0.29, 0.717) is 19.0 Å². The first-order valence-corrected chi connectivity index (χ1v) is 7.77. The van der Waals surface area contributed by atoms with Gasteiger partial charge < -0.3 is 5.11 Å². The van der Waals surface area contributed by atoms with Crippen molar-refractivity contribution < 1.29 is 13.5 Å². The average Bonchev–Trinajstić information content (AvgIpc) is 2.27. The Morgan fingerprint density at radius 1 is 1.39 bits per heavy atom. The summed E-state index contributed by atoms with van der Waals surface area (Å²) >= 11 is 0. The van der Waals surface area contributed by atoms with Gasteiger partial charge in [-0.1, -0.05) is 19.4 Å². The van der Waals surface area contributed by atoms with Gasteiger partial charge in [0.15, 0.2) is 0 Å². The maximum Gasteiger partial charge on any atom is 0.243 e. The third kappa shape index (κ3) is 2.67. The van der Waals surface area contributed by atoms with Gasteiger partial charge in [-0.05, 0) is 37.0 Å². The third-order valence-electron chi connectivity index (χ3n) is 3.49. The molecule has 1 fully saturated rings. The number of phenols is 1. The van der Waals surface area contributed by atoms with E-state index >= 15 is 0 Å². The van der Waals surface area contributed by atoms with Gasteiger partial charge in [0.1, 0.15) is 5.75 Å². The first-order chi connectivity index (χ1) is 8.54. The van der Waals surface area contributed by atoms with Gasteiger partial charge in [0.25, 0.3) is 0 Å². The molecular formula is C13H19NO3S. The molecule has 0 aliphatic heterocycles. The molecule has 0 saturated heterocycles. The van der Waals surface area contributed by atoms with Crippen LogP contribution in [-0.4, -0.2) is 30.9 Å². The number of hydrogen-bond donors (Lipinski definition) is 1. The second-order valence-electron chi connectivity index (χ2n) is 4.75. The molecule has 0 aromatic heterocycles. The van der Waals surface area contributed by atoms with Crippen LogP contribution in [0.1, 0.15) is 26.2 Å². The highest BCUT2D eigenvalue weighted by Gasteiger charge is 2.28. The second-order valence-corrected chi connectivity index (χ2v) is 6.69. The Balaban J connectivity index is 2.21. The standard InChI is InChI=1S/C13H19NO3S/c1-2-14(10-11-5-3-6-11)18(16,17)13-8-4-7-12(15)9-13/h4,7-9,11,15H,2-3,5-6,10H2,1H3. The fraction of sp³-hybridized carbons (Fsp3) is 0.538. The summed E-state index contributed by atoms with van der Waals surface area (Å²) in [5, 5.41) is 9.39. The molecule has 100 valence electrons. The van der Waals surface area contributed by atoms with Crippen LogP contribution < -0.4 is 0 Å². The lowest BCUT2D eigenvalue weighted by Crippen LogP contribution is -2.37. The van der Waals surface area contributed by atoms with Crippen LogP contribution in [0.15, 0.2) is 29.2 Å². The van der Waals surface area contributed by atoms with Gasteiger partial charge in [0.2, 0.25) is 10.0 Å². The molecule has 1 saturated carbocycles. The molecule has 0 heterocycles. The van der Waals surface area contributed by atoms with Gasteiger partial charge >= 0.3 is 0 Å². The van der Waals surface area contributed by atoms with E-state index in [1.165, 1.54) is 28.9 Å². The second kappa shape index (κ2) is 5.28. The van der Waals surface area contributed by atoms with Crippen molar-refractivity contribution in [2.45, 2.75) is 31.1 Å². The molecule has 1 aliphatic carbocycles. The van der Waals surface area contributed by atoms with Crippen molar-refractivity contribution in [3.63, 3.8) is 0 Å². The Kier molecular flexibility index (Phi) is 3.92. The largest absolute Gasteiger partial charge is 0.508 e. The normalized spacial score (nSPS) is 16.8. The summed E-state index contributed by atoms with van der Waals surface area (Å²) in [5.41, 5.74) is 0. The molecule has 0 amide bonds. The van der Waals surface area contributed by atoms with Gasteiger partial charge in [0, 0.05) is 13.1 Å². The molecule has 0 spiro atoms. The van der Waals surface area contributed by atoms with Crippen molar-refractivity contribution in [1.82, 2.24) is 4.31 Å². The molecule has 1 aliphatic rings. The predicted molar refractivity (Wildman–Crippen MR) is 69.9 cm³/mol. The van der Waals surface area contributed by atoms with Gasteiger partial charge in [-0.3, -0.25) is 0 Å². The molecule has 1 N–H and O–H groups in total. The van der Waals surface area contributed by atoms with Gasteiger partial charge in [0.05, 0.1) is 4.90 Å². The molecule has 0 radical (unpaired) electrons. The SMILES string of the molecule is CCN(CC1CCC1)S(=O)(=O)c1cccc(O)c1. The fourth-order valence-electron chi connectivity index (χ4n) is 2.15. The number of rotatable bonds is 5. The quantitative estimate of drug-likeness (QED) is 0.891. The van der Waals surface area contributed by atoms with Crippen molar-refractivity contribution in [3.8, 4) is 5.75 Å². The zero-order chi connectivity index (χ0) is 13.2. The minimum absolute atomic E-state index is 0.0178. The number of benzene rings is 1. The Morgan fingerprint density at radius 3 is 2.61 bits per heavy atom. The number of aromatic hydroxyl groups is 1. The molecule has 2 rings (SSSR count). The van der Waals surface area contributed by atoms with E-state index in [1.54, 1.807) is 6.07 Å². The van der Waals surface area contributed by atoms with E-state index in [2.05, 4.69) is 0 Å².